The van der Waals surface area contributed by atoms with Crippen molar-refractivity contribution < 1.29 is 14.3 Å². The van der Waals surface area contributed by atoms with Gasteiger partial charge in [-0.25, -0.2) is 4.98 Å². The Hall–Kier alpha value is -2.77. The topological polar surface area (TPSA) is 68.6 Å². The molecule has 1 heterocycles. The number of carbonyl (C=O) groups is 1. The lowest BCUT2D eigenvalue weighted by atomic mass is 10.2. The maximum absolute atomic E-state index is 13.0. The van der Waals surface area contributed by atoms with Gasteiger partial charge in [-0.15, -0.1) is 0 Å². The summed E-state index contributed by atoms with van der Waals surface area (Å²) in [5.74, 6) is 0.962. The summed E-state index contributed by atoms with van der Waals surface area (Å²) in [5, 5.41) is 3.23. The van der Waals surface area contributed by atoms with Gasteiger partial charge in [0, 0.05) is 18.7 Å². The van der Waals surface area contributed by atoms with Crippen LogP contribution in [0.5, 0.6) is 11.5 Å². The van der Waals surface area contributed by atoms with Crippen LogP contribution in [0.2, 0.25) is 5.02 Å². The van der Waals surface area contributed by atoms with Crippen LogP contribution < -0.4 is 14.8 Å². The molecular weight excluding hydrogens is 404 g/mol. The molecule has 1 amide bonds. The fourth-order valence-electron chi connectivity index (χ4n) is 3.40. The van der Waals surface area contributed by atoms with Gasteiger partial charge < -0.3 is 18.9 Å². The first-order valence-corrected chi connectivity index (χ1v) is 10.3. The first-order valence-electron chi connectivity index (χ1n) is 9.92. The third-order valence-corrected chi connectivity index (χ3v) is 5.39. The van der Waals surface area contributed by atoms with E-state index in [9.17, 15) is 4.79 Å². The highest BCUT2D eigenvalue weighted by Gasteiger charge is 2.18. The van der Waals surface area contributed by atoms with E-state index in [1.54, 1.807) is 12.1 Å². The number of imidazole rings is 1. The molecule has 0 atom stereocenters. The molecule has 0 aliphatic heterocycles. The summed E-state index contributed by atoms with van der Waals surface area (Å²) in [6, 6.07) is 11.0. The average molecular weight is 431 g/mol. The lowest BCUT2D eigenvalue weighted by Gasteiger charge is -2.19. The van der Waals surface area contributed by atoms with Crippen molar-refractivity contribution in [3.63, 3.8) is 0 Å². The second-order valence-corrected chi connectivity index (χ2v) is 7.16. The van der Waals surface area contributed by atoms with E-state index in [-0.39, 0.29) is 5.91 Å². The minimum absolute atomic E-state index is 0.303. The second kappa shape index (κ2) is 9.82. The Morgan fingerprint density at radius 1 is 1.17 bits per heavy atom. The summed E-state index contributed by atoms with van der Waals surface area (Å²) < 4.78 is 12.6. The van der Waals surface area contributed by atoms with Crippen LogP contribution in [-0.4, -0.2) is 54.2 Å². The van der Waals surface area contributed by atoms with Crippen LogP contribution in [0.25, 0.3) is 11.0 Å². The van der Waals surface area contributed by atoms with E-state index in [1.165, 1.54) is 14.2 Å². The predicted octanol–water partition coefficient (Wildman–Crippen LogP) is 4.30. The first-order chi connectivity index (χ1) is 14.5. The molecule has 0 aliphatic rings. The van der Waals surface area contributed by atoms with Crippen molar-refractivity contribution in [1.29, 1.82) is 0 Å². The number of rotatable bonds is 9. The maximum atomic E-state index is 13.0. The van der Waals surface area contributed by atoms with E-state index in [2.05, 4.69) is 29.0 Å². The van der Waals surface area contributed by atoms with Crippen LogP contribution in [-0.2, 0) is 6.54 Å². The Labute approximate surface area is 181 Å². The number of likely N-dealkylation sites (N-methyl/N-ethyl adjacent to an activating group) is 1. The van der Waals surface area contributed by atoms with Crippen molar-refractivity contribution in [2.45, 2.75) is 20.4 Å². The smallest absolute Gasteiger partial charge is 0.258 e. The first kappa shape index (κ1) is 21.9. The highest BCUT2D eigenvalue weighted by Crippen LogP contribution is 2.36. The number of anilines is 1. The minimum atomic E-state index is -0.322. The molecule has 0 saturated heterocycles. The second-order valence-electron chi connectivity index (χ2n) is 6.75. The van der Waals surface area contributed by atoms with Gasteiger partial charge in [-0.3, -0.25) is 10.1 Å². The van der Waals surface area contributed by atoms with Gasteiger partial charge in [0.25, 0.3) is 5.91 Å². The van der Waals surface area contributed by atoms with Crippen LogP contribution in [0.3, 0.4) is 0 Å². The van der Waals surface area contributed by atoms with Gasteiger partial charge in [0.2, 0.25) is 5.95 Å². The fourth-order valence-corrected chi connectivity index (χ4v) is 3.69. The predicted molar refractivity (Wildman–Crippen MR) is 120 cm³/mol. The molecule has 7 nitrogen and oxygen atoms in total. The Morgan fingerprint density at radius 3 is 2.57 bits per heavy atom. The number of carbonyl (C=O) groups excluding carboxylic acids is 1. The summed E-state index contributed by atoms with van der Waals surface area (Å²) in [5.41, 5.74) is 2.17. The van der Waals surface area contributed by atoms with E-state index in [0.29, 0.717) is 34.6 Å². The molecule has 30 heavy (non-hydrogen) atoms. The Balaban J connectivity index is 1.92. The Kier molecular flexibility index (Phi) is 7.18. The standard InChI is InChI=1S/C22H27ClN4O3/c1-5-26(6-2)11-12-27-18-10-8-7-9-17(18)24-22(27)25-21(28)15-13-16(23)20(30-4)19(14-15)29-3/h7-10,13-14H,5-6,11-12H2,1-4H3,(H,24,25,28). The molecule has 0 bridgehead atoms. The molecule has 8 heteroatoms. The molecule has 0 saturated carbocycles. The summed E-state index contributed by atoms with van der Waals surface area (Å²) >= 11 is 6.26. The molecule has 3 aromatic rings. The monoisotopic (exact) mass is 430 g/mol. The van der Waals surface area contributed by atoms with Crippen molar-refractivity contribution in [3.8, 4) is 11.5 Å². The van der Waals surface area contributed by atoms with E-state index in [0.717, 1.165) is 30.7 Å². The van der Waals surface area contributed by atoms with E-state index in [4.69, 9.17) is 21.1 Å². The molecule has 0 unspecified atom stereocenters. The number of halogens is 1. The van der Waals surface area contributed by atoms with Gasteiger partial charge in [-0.2, -0.15) is 0 Å². The molecular formula is C22H27ClN4O3. The number of methoxy groups -OCH3 is 2. The number of amides is 1. The van der Waals surface area contributed by atoms with E-state index < -0.39 is 0 Å². The molecule has 0 fully saturated rings. The van der Waals surface area contributed by atoms with Gasteiger partial charge >= 0.3 is 0 Å². The van der Waals surface area contributed by atoms with Crippen molar-refractivity contribution in [1.82, 2.24) is 14.5 Å². The van der Waals surface area contributed by atoms with Crippen molar-refractivity contribution in [2.24, 2.45) is 0 Å². The third kappa shape index (κ3) is 4.52. The highest BCUT2D eigenvalue weighted by atomic mass is 35.5. The minimum Gasteiger partial charge on any atom is -0.493 e. The average Bonchev–Trinajstić information content (AvgIpc) is 3.10. The van der Waals surface area contributed by atoms with Gasteiger partial charge in [0.15, 0.2) is 11.5 Å². The number of aromatic nitrogens is 2. The number of para-hydroxylation sites is 2. The number of hydrogen-bond donors (Lipinski definition) is 1. The molecule has 0 radical (unpaired) electrons. The van der Waals surface area contributed by atoms with Crippen LogP contribution in [0.1, 0.15) is 24.2 Å². The normalized spacial score (nSPS) is 11.1. The Bertz CT molecular complexity index is 1030. The number of ether oxygens (including phenoxy) is 2. The van der Waals surface area contributed by atoms with Crippen LogP contribution in [0, 0.1) is 0 Å². The molecule has 1 aromatic heterocycles. The summed E-state index contributed by atoms with van der Waals surface area (Å²) in [6.07, 6.45) is 0. The lowest BCUT2D eigenvalue weighted by Crippen LogP contribution is -2.27. The lowest BCUT2D eigenvalue weighted by molar-refractivity contribution is 0.102. The number of fused-ring (bicyclic) bond motifs is 1. The summed E-state index contributed by atoms with van der Waals surface area (Å²) in [4.78, 5) is 19.9. The van der Waals surface area contributed by atoms with Crippen molar-refractivity contribution >= 4 is 34.5 Å². The number of benzene rings is 2. The largest absolute Gasteiger partial charge is 0.493 e. The van der Waals surface area contributed by atoms with E-state index in [1.807, 2.05) is 28.8 Å². The van der Waals surface area contributed by atoms with Gasteiger partial charge in [-0.1, -0.05) is 37.6 Å². The zero-order chi connectivity index (χ0) is 21.7. The summed E-state index contributed by atoms with van der Waals surface area (Å²) in [7, 11) is 3.00. The number of nitrogens with zero attached hydrogens (tertiary/aromatic N) is 3. The van der Waals surface area contributed by atoms with Crippen LogP contribution in [0.4, 0.5) is 5.95 Å². The zero-order valence-electron chi connectivity index (χ0n) is 17.7. The number of nitrogens with one attached hydrogen (secondary N) is 1. The highest BCUT2D eigenvalue weighted by molar-refractivity contribution is 6.32. The quantitative estimate of drug-likeness (QED) is 0.548. The van der Waals surface area contributed by atoms with Gasteiger partial charge in [0.05, 0.1) is 30.3 Å². The van der Waals surface area contributed by atoms with Gasteiger partial charge in [-0.05, 0) is 37.4 Å². The molecule has 2 aromatic carbocycles. The molecule has 160 valence electrons. The van der Waals surface area contributed by atoms with Crippen LogP contribution >= 0.6 is 11.6 Å². The van der Waals surface area contributed by atoms with Crippen LogP contribution in [0.15, 0.2) is 36.4 Å². The Morgan fingerprint density at radius 2 is 1.90 bits per heavy atom. The SMILES string of the molecule is CCN(CC)CCn1c(NC(=O)c2cc(Cl)c(OC)c(OC)c2)nc2ccccc21. The molecule has 1 N–H and O–H groups in total. The molecule has 3 rings (SSSR count). The molecule has 0 aliphatic carbocycles. The molecule has 0 spiro atoms. The van der Waals surface area contributed by atoms with Crippen molar-refractivity contribution in [3.05, 3.63) is 47.0 Å². The van der Waals surface area contributed by atoms with E-state index >= 15 is 0 Å². The maximum Gasteiger partial charge on any atom is 0.258 e. The third-order valence-electron chi connectivity index (χ3n) is 5.11. The van der Waals surface area contributed by atoms with Gasteiger partial charge in [0.1, 0.15) is 0 Å². The van der Waals surface area contributed by atoms with Crippen molar-refractivity contribution in [2.75, 3.05) is 39.2 Å². The summed E-state index contributed by atoms with van der Waals surface area (Å²) in [6.45, 7) is 7.78. The fraction of sp³-hybridized carbons (Fsp3) is 0.364. The number of hydrogen-bond acceptors (Lipinski definition) is 5. The zero-order valence-corrected chi connectivity index (χ0v) is 18.5.